The van der Waals surface area contributed by atoms with Crippen LogP contribution >= 0.6 is 11.5 Å². The van der Waals surface area contributed by atoms with Crippen LogP contribution in [0, 0.1) is 6.92 Å². The summed E-state index contributed by atoms with van der Waals surface area (Å²) in [6.45, 7) is 6.12. The number of hydrogen-bond donors (Lipinski definition) is 2. The third-order valence-electron chi connectivity index (χ3n) is 4.92. The first kappa shape index (κ1) is 20.2. The largest absolute Gasteiger partial charge is 0.356 e. The van der Waals surface area contributed by atoms with E-state index in [1.54, 1.807) is 0 Å². The van der Waals surface area contributed by atoms with Gasteiger partial charge in [-0.15, -0.1) is 5.10 Å². The van der Waals surface area contributed by atoms with Crippen LogP contribution < -0.4 is 15.5 Å². The normalized spacial score (nSPS) is 13.5. The predicted octanol–water partition coefficient (Wildman–Crippen LogP) is 4.19. The predicted molar refractivity (Wildman–Crippen MR) is 120 cm³/mol. The fourth-order valence-corrected chi connectivity index (χ4v) is 4.05. The molecule has 2 aromatic heterocycles. The Kier molecular flexibility index (Phi) is 6.18. The van der Waals surface area contributed by atoms with Crippen molar-refractivity contribution in [3.63, 3.8) is 0 Å². The molecule has 9 heteroatoms. The van der Waals surface area contributed by atoms with E-state index in [1.165, 1.54) is 12.8 Å². The molecule has 1 fully saturated rings. The maximum atomic E-state index is 12.5. The van der Waals surface area contributed by atoms with Crippen molar-refractivity contribution in [1.82, 2.24) is 19.6 Å². The van der Waals surface area contributed by atoms with Crippen molar-refractivity contribution in [3.05, 3.63) is 46.6 Å². The summed E-state index contributed by atoms with van der Waals surface area (Å²) >= 11 is 1.13. The fourth-order valence-electron chi connectivity index (χ4n) is 3.45. The molecule has 0 bridgehead atoms. The van der Waals surface area contributed by atoms with Gasteiger partial charge in [0.2, 0.25) is 5.95 Å². The molecule has 8 nitrogen and oxygen atoms in total. The molecule has 0 radical (unpaired) electrons. The highest BCUT2D eigenvalue weighted by molar-refractivity contribution is 7.08. The molecule has 0 atom stereocenters. The molecule has 1 aromatic carbocycles. The molecule has 1 amide bonds. The Labute approximate surface area is 179 Å². The van der Waals surface area contributed by atoms with Gasteiger partial charge in [0.05, 0.1) is 5.69 Å². The van der Waals surface area contributed by atoms with Gasteiger partial charge in [0.15, 0.2) is 0 Å². The van der Waals surface area contributed by atoms with Gasteiger partial charge in [-0.1, -0.05) is 17.8 Å². The molecular weight excluding hydrogens is 398 g/mol. The number of rotatable bonds is 7. The molecule has 2 N–H and O–H groups in total. The Hall–Kier alpha value is -3.07. The van der Waals surface area contributed by atoms with Crippen molar-refractivity contribution in [2.24, 2.45) is 0 Å². The minimum atomic E-state index is -0.175. The van der Waals surface area contributed by atoms with Crippen LogP contribution in [0.1, 0.15) is 47.2 Å². The summed E-state index contributed by atoms with van der Waals surface area (Å²) in [4.78, 5) is 24.6. The molecule has 1 saturated heterocycles. The molecule has 0 unspecified atom stereocenters. The monoisotopic (exact) mass is 423 g/mol. The molecule has 3 aromatic rings. The number of nitrogens with one attached hydrogen (secondary N) is 2. The van der Waals surface area contributed by atoms with Crippen LogP contribution in [0.25, 0.3) is 0 Å². The number of anilines is 4. The minimum Gasteiger partial charge on any atom is -0.356 e. The van der Waals surface area contributed by atoms with Crippen molar-refractivity contribution in [2.45, 2.75) is 39.5 Å². The maximum Gasteiger partial charge on any atom is 0.269 e. The van der Waals surface area contributed by atoms with Crippen LogP contribution in [0.4, 0.5) is 23.1 Å². The summed E-state index contributed by atoms with van der Waals surface area (Å²) in [5.41, 5.74) is 3.25. The van der Waals surface area contributed by atoms with Gasteiger partial charge in [-0.05, 0) is 62.0 Å². The molecule has 0 saturated carbocycles. The fraction of sp³-hybridized carbons (Fsp3) is 0.381. The zero-order valence-electron chi connectivity index (χ0n) is 17.2. The lowest BCUT2D eigenvalue weighted by molar-refractivity contribution is 0.102. The first-order valence-corrected chi connectivity index (χ1v) is 11.0. The molecule has 0 aliphatic carbocycles. The molecular formula is C21H25N7OS. The highest BCUT2D eigenvalue weighted by Crippen LogP contribution is 2.23. The zero-order chi connectivity index (χ0) is 20.9. The molecule has 1 aliphatic heterocycles. The summed E-state index contributed by atoms with van der Waals surface area (Å²) in [6.07, 6.45) is 4.08. The number of hydrogen-bond acceptors (Lipinski definition) is 8. The average molecular weight is 424 g/mol. The topological polar surface area (TPSA) is 95.9 Å². The first-order chi connectivity index (χ1) is 14.6. The lowest BCUT2D eigenvalue weighted by Crippen LogP contribution is -2.19. The van der Waals surface area contributed by atoms with E-state index in [4.69, 9.17) is 0 Å². The summed E-state index contributed by atoms with van der Waals surface area (Å²) in [5, 5.41) is 10.2. The van der Waals surface area contributed by atoms with E-state index >= 15 is 0 Å². The van der Waals surface area contributed by atoms with E-state index in [0.717, 1.165) is 60.4 Å². The Balaban J connectivity index is 1.42. The Morgan fingerprint density at radius 3 is 2.60 bits per heavy atom. The van der Waals surface area contributed by atoms with Crippen LogP contribution in [-0.4, -0.2) is 38.6 Å². The third kappa shape index (κ3) is 4.73. The number of carbonyl (C=O) groups is 1. The van der Waals surface area contributed by atoms with E-state index in [-0.39, 0.29) is 5.91 Å². The maximum absolute atomic E-state index is 12.5. The van der Waals surface area contributed by atoms with Crippen LogP contribution in [0.2, 0.25) is 0 Å². The van der Waals surface area contributed by atoms with Crippen molar-refractivity contribution >= 4 is 40.6 Å². The molecule has 3 heterocycles. The molecule has 4 rings (SSSR count). The Bertz CT molecular complexity index is 1010. The minimum absolute atomic E-state index is 0.175. The van der Waals surface area contributed by atoms with Gasteiger partial charge in [0.1, 0.15) is 10.7 Å². The van der Waals surface area contributed by atoms with Crippen molar-refractivity contribution < 1.29 is 4.79 Å². The van der Waals surface area contributed by atoms with Crippen molar-refractivity contribution in [3.8, 4) is 0 Å². The number of aromatic nitrogens is 4. The highest BCUT2D eigenvalue weighted by atomic mass is 32.1. The molecule has 30 heavy (non-hydrogen) atoms. The number of aryl methyl sites for hydroxylation is 2. The van der Waals surface area contributed by atoms with E-state index in [0.29, 0.717) is 16.5 Å². The smallest absolute Gasteiger partial charge is 0.269 e. The second kappa shape index (κ2) is 9.17. The van der Waals surface area contributed by atoms with Crippen LogP contribution in [0.15, 0.2) is 30.3 Å². The summed E-state index contributed by atoms with van der Waals surface area (Å²) in [5.74, 6) is 1.37. The Morgan fingerprint density at radius 1 is 1.13 bits per heavy atom. The number of carbonyl (C=O) groups excluding carboxylic acids is 1. The summed E-state index contributed by atoms with van der Waals surface area (Å²) in [7, 11) is 0. The van der Waals surface area contributed by atoms with Crippen LogP contribution in [-0.2, 0) is 6.42 Å². The molecule has 1 aliphatic rings. The van der Waals surface area contributed by atoms with E-state index in [9.17, 15) is 4.79 Å². The SMILES string of the molecule is CCCc1nnsc1C(=O)Nc1ccc(Nc2nc(C)cc(N3CCCC3)n2)cc1. The first-order valence-electron chi connectivity index (χ1n) is 10.2. The lowest BCUT2D eigenvalue weighted by atomic mass is 10.2. The van der Waals surface area contributed by atoms with Gasteiger partial charge < -0.3 is 15.5 Å². The van der Waals surface area contributed by atoms with Crippen molar-refractivity contribution in [1.29, 1.82) is 0 Å². The van der Waals surface area contributed by atoms with Gasteiger partial charge in [-0.3, -0.25) is 4.79 Å². The Morgan fingerprint density at radius 2 is 1.87 bits per heavy atom. The van der Waals surface area contributed by atoms with E-state index < -0.39 is 0 Å². The van der Waals surface area contributed by atoms with Crippen LogP contribution in [0.3, 0.4) is 0 Å². The van der Waals surface area contributed by atoms with Crippen molar-refractivity contribution in [2.75, 3.05) is 28.6 Å². The highest BCUT2D eigenvalue weighted by Gasteiger charge is 2.17. The molecule has 156 valence electrons. The standard InChI is InChI=1S/C21H25N7OS/c1-3-6-17-19(30-27-26-17)20(29)23-15-7-9-16(10-8-15)24-21-22-14(2)13-18(25-21)28-11-4-5-12-28/h7-10,13H,3-6,11-12H2,1-2H3,(H,23,29)(H,22,24,25). The van der Waals surface area contributed by atoms with Gasteiger partial charge in [0, 0.05) is 36.2 Å². The number of amides is 1. The van der Waals surface area contributed by atoms with Gasteiger partial charge >= 0.3 is 0 Å². The lowest BCUT2D eigenvalue weighted by Gasteiger charge is -2.17. The van der Waals surface area contributed by atoms with Gasteiger partial charge in [-0.2, -0.15) is 4.98 Å². The molecule has 0 spiro atoms. The second-order valence-electron chi connectivity index (χ2n) is 7.34. The van der Waals surface area contributed by atoms with Gasteiger partial charge in [-0.25, -0.2) is 4.98 Å². The number of benzene rings is 1. The second-order valence-corrected chi connectivity index (χ2v) is 8.09. The third-order valence-corrected chi connectivity index (χ3v) is 5.69. The summed E-state index contributed by atoms with van der Waals surface area (Å²) in [6, 6.07) is 9.52. The van der Waals surface area contributed by atoms with E-state index in [2.05, 4.69) is 42.0 Å². The van der Waals surface area contributed by atoms with Gasteiger partial charge in [0.25, 0.3) is 5.91 Å². The quantitative estimate of drug-likeness (QED) is 0.588. The summed E-state index contributed by atoms with van der Waals surface area (Å²) < 4.78 is 3.91. The zero-order valence-corrected chi connectivity index (χ0v) is 18.0. The van der Waals surface area contributed by atoms with E-state index in [1.807, 2.05) is 37.3 Å². The van der Waals surface area contributed by atoms with Crippen LogP contribution in [0.5, 0.6) is 0 Å². The number of nitrogens with zero attached hydrogens (tertiary/aromatic N) is 5. The average Bonchev–Trinajstić information content (AvgIpc) is 3.41.